The Morgan fingerprint density at radius 1 is 1.47 bits per heavy atom. The molecule has 3 N–H and O–H groups in total. The molecular formula is C11H20N4O3S. The van der Waals surface area contributed by atoms with Crippen molar-refractivity contribution in [2.75, 3.05) is 20.3 Å². The van der Waals surface area contributed by atoms with E-state index < -0.39 is 10.0 Å². The van der Waals surface area contributed by atoms with Gasteiger partial charge in [0.25, 0.3) is 10.0 Å². The van der Waals surface area contributed by atoms with Crippen molar-refractivity contribution in [2.24, 2.45) is 5.73 Å². The average Bonchev–Trinajstić information content (AvgIpc) is 2.80. The summed E-state index contributed by atoms with van der Waals surface area (Å²) < 4.78 is 31.8. The van der Waals surface area contributed by atoms with Gasteiger partial charge in [0.15, 0.2) is 5.03 Å². The maximum Gasteiger partial charge on any atom is 0.262 e. The van der Waals surface area contributed by atoms with Gasteiger partial charge in [0.2, 0.25) is 0 Å². The smallest absolute Gasteiger partial charge is 0.262 e. The molecule has 0 spiro atoms. The van der Waals surface area contributed by atoms with E-state index in [-0.39, 0.29) is 17.6 Å². The topological polar surface area (TPSA) is 101 Å². The first kappa shape index (κ1) is 14.4. The maximum atomic E-state index is 12.6. The van der Waals surface area contributed by atoms with Crippen LogP contribution in [0.15, 0.2) is 5.03 Å². The average molecular weight is 288 g/mol. The Kier molecular flexibility index (Phi) is 4.24. The molecule has 1 aliphatic heterocycles. The van der Waals surface area contributed by atoms with Crippen LogP contribution in [0.1, 0.15) is 24.1 Å². The largest absolute Gasteiger partial charge is 0.381 e. The van der Waals surface area contributed by atoms with Gasteiger partial charge in [-0.25, -0.2) is 8.42 Å². The van der Waals surface area contributed by atoms with Gasteiger partial charge in [-0.05, 0) is 19.8 Å². The van der Waals surface area contributed by atoms with Crippen molar-refractivity contribution in [1.29, 1.82) is 0 Å². The fourth-order valence-electron chi connectivity index (χ4n) is 2.27. The van der Waals surface area contributed by atoms with Crippen molar-refractivity contribution in [3.05, 3.63) is 11.3 Å². The minimum absolute atomic E-state index is 0.0404. The van der Waals surface area contributed by atoms with E-state index in [2.05, 4.69) is 10.2 Å². The first-order chi connectivity index (χ1) is 8.98. The molecule has 19 heavy (non-hydrogen) atoms. The van der Waals surface area contributed by atoms with Gasteiger partial charge in [-0.15, -0.1) is 0 Å². The normalized spacial score (nSPS) is 18.1. The molecule has 7 nitrogen and oxygen atoms in total. The quantitative estimate of drug-likeness (QED) is 0.810. The summed E-state index contributed by atoms with van der Waals surface area (Å²) in [7, 11) is -2.01. The zero-order valence-electron chi connectivity index (χ0n) is 11.2. The van der Waals surface area contributed by atoms with Gasteiger partial charge < -0.3 is 10.5 Å². The first-order valence-electron chi connectivity index (χ1n) is 6.28. The zero-order chi connectivity index (χ0) is 14.0. The van der Waals surface area contributed by atoms with Gasteiger partial charge in [-0.1, -0.05) is 0 Å². The molecule has 108 valence electrons. The Labute approximate surface area is 113 Å². The van der Waals surface area contributed by atoms with Crippen molar-refractivity contribution in [1.82, 2.24) is 14.5 Å². The second-order valence-electron chi connectivity index (χ2n) is 4.70. The number of sulfonamides is 1. The van der Waals surface area contributed by atoms with E-state index in [1.807, 2.05) is 0 Å². The molecule has 0 bridgehead atoms. The van der Waals surface area contributed by atoms with Crippen LogP contribution in [0.5, 0.6) is 0 Å². The van der Waals surface area contributed by atoms with Crippen LogP contribution in [0.2, 0.25) is 0 Å². The summed E-state index contributed by atoms with van der Waals surface area (Å²) in [4.78, 5) is 0. The molecule has 0 saturated carbocycles. The highest BCUT2D eigenvalue weighted by atomic mass is 32.2. The number of hydrogen-bond acceptors (Lipinski definition) is 5. The molecule has 0 unspecified atom stereocenters. The Hall–Kier alpha value is -0.960. The maximum absolute atomic E-state index is 12.6. The lowest BCUT2D eigenvalue weighted by molar-refractivity contribution is 0.0631. The summed E-state index contributed by atoms with van der Waals surface area (Å²) in [5.74, 6) is 0. The van der Waals surface area contributed by atoms with Crippen LogP contribution in [0.4, 0.5) is 0 Å². The molecule has 2 heterocycles. The summed E-state index contributed by atoms with van der Waals surface area (Å²) >= 11 is 0. The number of aromatic amines is 1. The minimum atomic E-state index is -3.61. The SMILES string of the molecule is Cc1[nH]nc(S(=O)(=O)N(C)C2CCOCC2)c1CN. The van der Waals surface area contributed by atoms with Gasteiger partial charge in [-0.3, -0.25) is 5.10 Å². The molecular weight excluding hydrogens is 268 g/mol. The van der Waals surface area contributed by atoms with E-state index in [1.54, 1.807) is 14.0 Å². The number of hydrogen-bond donors (Lipinski definition) is 2. The van der Waals surface area contributed by atoms with Crippen LogP contribution in [-0.4, -0.2) is 49.2 Å². The predicted molar refractivity (Wildman–Crippen MR) is 70.0 cm³/mol. The lowest BCUT2D eigenvalue weighted by Crippen LogP contribution is -2.41. The number of ether oxygens (including phenoxy) is 1. The molecule has 2 rings (SSSR count). The van der Waals surface area contributed by atoms with Gasteiger partial charge in [-0.2, -0.15) is 9.40 Å². The second kappa shape index (κ2) is 5.58. The number of nitrogens with two attached hydrogens (primary N) is 1. The van der Waals surface area contributed by atoms with E-state index in [1.165, 1.54) is 4.31 Å². The van der Waals surface area contributed by atoms with E-state index >= 15 is 0 Å². The molecule has 8 heteroatoms. The Bertz CT molecular complexity index is 534. The molecule has 0 aliphatic carbocycles. The summed E-state index contributed by atoms with van der Waals surface area (Å²) in [6.45, 7) is 3.10. The fourth-order valence-corrected chi connectivity index (χ4v) is 3.85. The van der Waals surface area contributed by atoms with Crippen LogP contribution in [0.3, 0.4) is 0 Å². The van der Waals surface area contributed by atoms with Crippen molar-refractivity contribution < 1.29 is 13.2 Å². The van der Waals surface area contributed by atoms with Crippen molar-refractivity contribution in [3.8, 4) is 0 Å². The zero-order valence-corrected chi connectivity index (χ0v) is 12.0. The highest BCUT2D eigenvalue weighted by molar-refractivity contribution is 7.89. The predicted octanol–water partition coefficient (Wildman–Crippen LogP) is -0.0237. The highest BCUT2D eigenvalue weighted by Crippen LogP contribution is 2.23. The van der Waals surface area contributed by atoms with Gasteiger partial charge in [0.1, 0.15) is 0 Å². The van der Waals surface area contributed by atoms with Crippen LogP contribution >= 0.6 is 0 Å². The van der Waals surface area contributed by atoms with Crippen LogP contribution in [-0.2, 0) is 21.3 Å². The summed E-state index contributed by atoms with van der Waals surface area (Å²) in [6.07, 6.45) is 1.41. The minimum Gasteiger partial charge on any atom is -0.381 e. The first-order valence-corrected chi connectivity index (χ1v) is 7.72. The molecule has 1 aromatic heterocycles. The van der Waals surface area contributed by atoms with Crippen LogP contribution in [0, 0.1) is 6.92 Å². The third-order valence-corrected chi connectivity index (χ3v) is 5.45. The number of nitrogens with one attached hydrogen (secondary N) is 1. The number of aromatic nitrogens is 2. The van der Waals surface area contributed by atoms with Crippen molar-refractivity contribution >= 4 is 10.0 Å². The fraction of sp³-hybridized carbons (Fsp3) is 0.727. The number of H-pyrrole nitrogens is 1. The van der Waals surface area contributed by atoms with Crippen molar-refractivity contribution in [2.45, 2.75) is 37.4 Å². The summed E-state index contributed by atoms with van der Waals surface area (Å²) in [5, 5.41) is 6.64. The molecule has 1 aliphatic rings. The van der Waals surface area contributed by atoms with Crippen LogP contribution < -0.4 is 5.73 Å². The van der Waals surface area contributed by atoms with E-state index in [0.717, 1.165) is 0 Å². The number of nitrogens with zero attached hydrogens (tertiary/aromatic N) is 2. The molecule has 0 atom stereocenters. The Balaban J connectivity index is 2.30. The molecule has 0 aromatic carbocycles. The summed E-state index contributed by atoms with van der Waals surface area (Å²) in [5.41, 5.74) is 6.86. The highest BCUT2D eigenvalue weighted by Gasteiger charge is 2.33. The standard InChI is InChI=1S/C11H20N4O3S/c1-8-10(7-12)11(14-13-8)19(16,17)15(2)9-3-5-18-6-4-9/h9H,3-7,12H2,1-2H3,(H,13,14). The van der Waals surface area contributed by atoms with E-state index in [0.29, 0.717) is 37.3 Å². The third kappa shape index (κ3) is 2.66. The van der Waals surface area contributed by atoms with E-state index in [4.69, 9.17) is 10.5 Å². The Morgan fingerprint density at radius 3 is 2.68 bits per heavy atom. The van der Waals surface area contributed by atoms with E-state index in [9.17, 15) is 8.42 Å². The second-order valence-corrected chi connectivity index (χ2v) is 6.61. The monoisotopic (exact) mass is 288 g/mol. The number of aryl methyl sites for hydroxylation is 1. The molecule has 1 aromatic rings. The third-order valence-electron chi connectivity index (χ3n) is 3.57. The van der Waals surface area contributed by atoms with Crippen molar-refractivity contribution in [3.63, 3.8) is 0 Å². The van der Waals surface area contributed by atoms with Gasteiger partial charge >= 0.3 is 0 Å². The number of rotatable bonds is 4. The lowest BCUT2D eigenvalue weighted by Gasteiger charge is -2.30. The van der Waals surface area contributed by atoms with Gasteiger partial charge in [0, 0.05) is 44.1 Å². The molecule has 1 saturated heterocycles. The molecule has 0 radical (unpaired) electrons. The summed E-state index contributed by atoms with van der Waals surface area (Å²) in [6, 6.07) is -0.0404. The lowest BCUT2D eigenvalue weighted by atomic mass is 10.1. The Morgan fingerprint density at radius 2 is 2.11 bits per heavy atom. The molecule has 0 amide bonds. The van der Waals surface area contributed by atoms with Crippen LogP contribution in [0.25, 0.3) is 0 Å². The van der Waals surface area contributed by atoms with Gasteiger partial charge in [0.05, 0.1) is 0 Å². The molecule has 1 fully saturated rings.